The first-order valence-electron chi connectivity index (χ1n) is 5.02. The molecule has 2 aromatic heterocycles. The molecule has 0 aliphatic rings. The lowest BCUT2D eigenvalue weighted by molar-refractivity contribution is 0.781. The van der Waals surface area contributed by atoms with E-state index in [9.17, 15) is 0 Å². The van der Waals surface area contributed by atoms with Crippen molar-refractivity contribution >= 4 is 0 Å². The maximum Gasteiger partial charge on any atom is 0.181 e. The van der Waals surface area contributed by atoms with Gasteiger partial charge in [0.25, 0.3) is 0 Å². The van der Waals surface area contributed by atoms with Gasteiger partial charge >= 0.3 is 0 Å². The molecule has 0 saturated carbocycles. The van der Waals surface area contributed by atoms with Gasteiger partial charge in [0.05, 0.1) is 0 Å². The van der Waals surface area contributed by atoms with Crippen LogP contribution in [-0.4, -0.2) is 20.2 Å². The van der Waals surface area contributed by atoms with Crippen molar-refractivity contribution in [3.63, 3.8) is 0 Å². The lowest BCUT2D eigenvalue weighted by Crippen LogP contribution is -1.89. The summed E-state index contributed by atoms with van der Waals surface area (Å²) in [7, 11) is 0. The summed E-state index contributed by atoms with van der Waals surface area (Å²) in [5.41, 5.74) is 1.98. The molecule has 4 heteroatoms. The van der Waals surface area contributed by atoms with Crippen LogP contribution in [0.1, 0.15) is 31.3 Å². The third kappa shape index (κ3) is 2.03. The van der Waals surface area contributed by atoms with Gasteiger partial charge in [-0.15, -0.1) is 0 Å². The van der Waals surface area contributed by atoms with Crippen molar-refractivity contribution in [1.82, 2.24) is 20.2 Å². The van der Waals surface area contributed by atoms with Crippen LogP contribution in [0.5, 0.6) is 0 Å². The largest absolute Gasteiger partial charge is 0.262 e. The maximum atomic E-state index is 4.43. The summed E-state index contributed by atoms with van der Waals surface area (Å²) in [5.74, 6) is 2.03. The molecule has 15 heavy (non-hydrogen) atoms. The third-order valence-electron chi connectivity index (χ3n) is 2.20. The molecule has 78 valence electrons. The van der Waals surface area contributed by atoms with Crippen molar-refractivity contribution in [2.24, 2.45) is 0 Å². The predicted octanol–water partition coefficient (Wildman–Crippen LogP) is 2.30. The summed E-state index contributed by atoms with van der Waals surface area (Å²) in [4.78, 5) is 8.57. The van der Waals surface area contributed by atoms with Gasteiger partial charge in [-0.1, -0.05) is 13.8 Å². The number of aromatic amines is 1. The van der Waals surface area contributed by atoms with Gasteiger partial charge in [0.1, 0.15) is 5.82 Å². The highest BCUT2D eigenvalue weighted by Crippen LogP contribution is 2.17. The normalized spacial score (nSPS) is 10.9. The van der Waals surface area contributed by atoms with Crippen LogP contribution in [0.4, 0.5) is 0 Å². The van der Waals surface area contributed by atoms with Crippen molar-refractivity contribution in [3.8, 4) is 11.4 Å². The molecule has 0 aromatic carbocycles. The van der Waals surface area contributed by atoms with E-state index in [2.05, 4.69) is 34.0 Å². The molecule has 0 radical (unpaired) electrons. The second-order valence-corrected chi connectivity index (χ2v) is 3.88. The smallest absolute Gasteiger partial charge is 0.181 e. The summed E-state index contributed by atoms with van der Waals surface area (Å²) < 4.78 is 0. The summed E-state index contributed by atoms with van der Waals surface area (Å²) >= 11 is 0. The van der Waals surface area contributed by atoms with Crippen LogP contribution in [-0.2, 0) is 0 Å². The Labute approximate surface area is 88.8 Å². The van der Waals surface area contributed by atoms with Gasteiger partial charge in [-0.05, 0) is 19.1 Å². The van der Waals surface area contributed by atoms with Crippen LogP contribution in [0.2, 0.25) is 0 Å². The third-order valence-corrected chi connectivity index (χ3v) is 2.20. The predicted molar refractivity (Wildman–Crippen MR) is 58.4 cm³/mol. The molecule has 0 fully saturated rings. The van der Waals surface area contributed by atoms with Crippen LogP contribution < -0.4 is 0 Å². The molecule has 0 unspecified atom stereocenters. The SMILES string of the molecule is Cc1cc(-c2n[nH]c(C(C)C)n2)ccn1. The first kappa shape index (κ1) is 9.83. The molecule has 0 atom stereocenters. The molecule has 0 amide bonds. The van der Waals surface area contributed by atoms with Crippen LogP contribution >= 0.6 is 0 Å². The summed E-state index contributed by atoms with van der Waals surface area (Å²) in [6.45, 7) is 6.13. The van der Waals surface area contributed by atoms with E-state index in [1.165, 1.54) is 0 Å². The second-order valence-electron chi connectivity index (χ2n) is 3.88. The number of aryl methyl sites for hydroxylation is 1. The zero-order chi connectivity index (χ0) is 10.8. The van der Waals surface area contributed by atoms with Crippen molar-refractivity contribution in [2.75, 3.05) is 0 Å². The number of hydrogen-bond donors (Lipinski definition) is 1. The van der Waals surface area contributed by atoms with Crippen LogP contribution in [0.25, 0.3) is 11.4 Å². The number of aromatic nitrogens is 4. The molecule has 0 aliphatic carbocycles. The minimum Gasteiger partial charge on any atom is -0.262 e. The Morgan fingerprint density at radius 2 is 2.13 bits per heavy atom. The average Bonchev–Trinajstić information content (AvgIpc) is 2.66. The molecule has 0 aliphatic heterocycles. The van der Waals surface area contributed by atoms with Crippen LogP contribution in [0.15, 0.2) is 18.3 Å². The fraction of sp³-hybridized carbons (Fsp3) is 0.364. The first-order valence-corrected chi connectivity index (χ1v) is 5.02. The molecule has 0 spiro atoms. The van der Waals surface area contributed by atoms with E-state index < -0.39 is 0 Å². The van der Waals surface area contributed by atoms with E-state index in [1.54, 1.807) is 6.20 Å². The monoisotopic (exact) mass is 202 g/mol. The van der Waals surface area contributed by atoms with E-state index in [-0.39, 0.29) is 0 Å². The zero-order valence-electron chi connectivity index (χ0n) is 9.15. The van der Waals surface area contributed by atoms with Crippen molar-refractivity contribution < 1.29 is 0 Å². The second kappa shape index (κ2) is 3.81. The summed E-state index contributed by atoms with van der Waals surface area (Å²) in [5, 5.41) is 7.13. The van der Waals surface area contributed by atoms with E-state index in [0.29, 0.717) is 5.92 Å². The minimum absolute atomic E-state index is 0.370. The number of nitrogens with one attached hydrogen (secondary N) is 1. The van der Waals surface area contributed by atoms with Gasteiger partial charge in [0.2, 0.25) is 0 Å². The van der Waals surface area contributed by atoms with Gasteiger partial charge in [-0.3, -0.25) is 10.1 Å². The van der Waals surface area contributed by atoms with Crippen molar-refractivity contribution in [1.29, 1.82) is 0 Å². The average molecular weight is 202 g/mol. The topological polar surface area (TPSA) is 54.5 Å². The molecule has 0 bridgehead atoms. The molecular weight excluding hydrogens is 188 g/mol. The zero-order valence-corrected chi connectivity index (χ0v) is 9.15. The van der Waals surface area contributed by atoms with Gasteiger partial charge in [-0.25, -0.2) is 4.98 Å². The number of nitrogens with zero attached hydrogens (tertiary/aromatic N) is 3. The Bertz CT molecular complexity index is 459. The van der Waals surface area contributed by atoms with E-state index >= 15 is 0 Å². The van der Waals surface area contributed by atoms with Crippen molar-refractivity contribution in [2.45, 2.75) is 26.7 Å². The molecule has 2 heterocycles. The van der Waals surface area contributed by atoms with E-state index in [4.69, 9.17) is 0 Å². The molecule has 2 rings (SSSR count). The Hall–Kier alpha value is -1.71. The van der Waals surface area contributed by atoms with E-state index in [0.717, 1.165) is 22.9 Å². The number of H-pyrrole nitrogens is 1. The highest BCUT2D eigenvalue weighted by atomic mass is 15.2. The highest BCUT2D eigenvalue weighted by Gasteiger charge is 2.08. The highest BCUT2D eigenvalue weighted by molar-refractivity contribution is 5.54. The Balaban J connectivity index is 2.37. The van der Waals surface area contributed by atoms with Gasteiger partial charge in [0, 0.05) is 23.4 Å². The number of pyridine rings is 1. The van der Waals surface area contributed by atoms with Crippen molar-refractivity contribution in [3.05, 3.63) is 29.8 Å². The van der Waals surface area contributed by atoms with Gasteiger partial charge in [-0.2, -0.15) is 5.10 Å². The number of hydrogen-bond acceptors (Lipinski definition) is 3. The summed E-state index contributed by atoms with van der Waals surface area (Å²) in [6, 6.07) is 3.90. The summed E-state index contributed by atoms with van der Waals surface area (Å²) in [6.07, 6.45) is 1.77. The lowest BCUT2D eigenvalue weighted by atomic mass is 10.2. The lowest BCUT2D eigenvalue weighted by Gasteiger charge is -1.97. The first-order chi connectivity index (χ1) is 7.16. The Kier molecular flexibility index (Phi) is 2.49. The maximum absolute atomic E-state index is 4.43. The molecule has 4 nitrogen and oxygen atoms in total. The minimum atomic E-state index is 0.370. The van der Waals surface area contributed by atoms with Gasteiger partial charge in [0.15, 0.2) is 5.82 Å². The van der Waals surface area contributed by atoms with Crippen LogP contribution in [0.3, 0.4) is 0 Å². The molecule has 0 saturated heterocycles. The van der Waals surface area contributed by atoms with E-state index in [1.807, 2.05) is 19.1 Å². The fourth-order valence-electron chi connectivity index (χ4n) is 1.35. The van der Waals surface area contributed by atoms with Crippen LogP contribution in [0, 0.1) is 6.92 Å². The molecule has 2 aromatic rings. The quantitative estimate of drug-likeness (QED) is 0.812. The molecular formula is C11H14N4. The Morgan fingerprint density at radius 3 is 2.73 bits per heavy atom. The molecule has 1 N–H and O–H groups in total. The number of rotatable bonds is 2. The standard InChI is InChI=1S/C11H14N4/c1-7(2)10-13-11(15-14-10)9-4-5-12-8(3)6-9/h4-7H,1-3H3,(H,13,14,15). The Morgan fingerprint density at radius 1 is 1.33 bits per heavy atom. The fourth-order valence-corrected chi connectivity index (χ4v) is 1.35. The van der Waals surface area contributed by atoms with Gasteiger partial charge < -0.3 is 0 Å².